The Labute approximate surface area is 119 Å². The van der Waals surface area contributed by atoms with Gasteiger partial charge >= 0.3 is 0 Å². The molecule has 0 fully saturated rings. The number of benzene rings is 1. The van der Waals surface area contributed by atoms with Crippen LogP contribution in [-0.4, -0.2) is 4.98 Å². The Kier molecular flexibility index (Phi) is 3.76. The van der Waals surface area contributed by atoms with Gasteiger partial charge in [0.2, 0.25) is 0 Å². The van der Waals surface area contributed by atoms with Gasteiger partial charge in [0.15, 0.2) is 0 Å². The van der Waals surface area contributed by atoms with Gasteiger partial charge < -0.3 is 5.73 Å². The van der Waals surface area contributed by atoms with Crippen LogP contribution in [0.1, 0.15) is 18.1 Å². The maximum atomic E-state index is 13.8. The van der Waals surface area contributed by atoms with Gasteiger partial charge in [-0.15, -0.1) is 0 Å². The summed E-state index contributed by atoms with van der Waals surface area (Å²) in [7, 11) is 0. The van der Waals surface area contributed by atoms with E-state index in [2.05, 4.69) is 4.98 Å². The Bertz CT molecular complexity index is 630. The second-order valence-corrected chi connectivity index (χ2v) is 5.12. The molecule has 0 aliphatic rings. The van der Waals surface area contributed by atoms with E-state index in [0.29, 0.717) is 0 Å². The monoisotopic (exact) mass is 302 g/mol. The van der Waals surface area contributed by atoms with E-state index < -0.39 is 17.2 Å². The number of halogens is 4. The molecule has 6 heteroatoms. The van der Waals surface area contributed by atoms with Gasteiger partial charge in [0, 0.05) is 16.8 Å². The van der Waals surface area contributed by atoms with Crippen LogP contribution in [0.15, 0.2) is 30.6 Å². The Hall–Kier alpha value is -1.23. The number of rotatable bonds is 2. The minimum atomic E-state index is -1.30. The van der Waals surface area contributed by atoms with E-state index in [4.69, 9.17) is 28.9 Å². The molecule has 1 unspecified atom stereocenters. The fourth-order valence-electron chi connectivity index (χ4n) is 1.86. The summed E-state index contributed by atoms with van der Waals surface area (Å²) in [4.78, 5) is 3.65. The normalized spacial score (nSPS) is 14.2. The smallest absolute Gasteiger partial charge is 0.146 e. The van der Waals surface area contributed by atoms with Crippen LogP contribution in [0.5, 0.6) is 0 Å². The SMILES string of the molecule is CC(N)(c1ccncc1F)c1cc(F)c(Cl)cc1Cl. The van der Waals surface area contributed by atoms with E-state index in [1.807, 2.05) is 0 Å². The number of nitrogens with two attached hydrogens (primary N) is 1. The van der Waals surface area contributed by atoms with Crippen molar-refractivity contribution >= 4 is 23.2 Å². The summed E-state index contributed by atoms with van der Waals surface area (Å²) in [6, 6.07) is 3.79. The highest BCUT2D eigenvalue weighted by Crippen LogP contribution is 2.35. The molecule has 2 rings (SSSR count). The first kappa shape index (κ1) is 14.2. The molecule has 2 aromatic rings. The van der Waals surface area contributed by atoms with E-state index in [0.717, 1.165) is 12.3 Å². The second kappa shape index (κ2) is 5.04. The first-order valence-corrected chi connectivity index (χ1v) is 6.13. The van der Waals surface area contributed by atoms with Gasteiger partial charge in [-0.3, -0.25) is 4.98 Å². The summed E-state index contributed by atoms with van der Waals surface area (Å²) < 4.78 is 27.3. The lowest BCUT2D eigenvalue weighted by Crippen LogP contribution is -2.35. The highest BCUT2D eigenvalue weighted by atomic mass is 35.5. The Morgan fingerprint density at radius 2 is 1.79 bits per heavy atom. The fourth-order valence-corrected chi connectivity index (χ4v) is 2.44. The van der Waals surface area contributed by atoms with E-state index >= 15 is 0 Å². The second-order valence-electron chi connectivity index (χ2n) is 4.30. The number of hydrogen-bond donors (Lipinski definition) is 1. The van der Waals surface area contributed by atoms with Crippen molar-refractivity contribution in [1.29, 1.82) is 0 Å². The molecule has 100 valence electrons. The van der Waals surface area contributed by atoms with Crippen molar-refractivity contribution in [1.82, 2.24) is 4.98 Å². The quantitative estimate of drug-likeness (QED) is 0.855. The zero-order chi connectivity index (χ0) is 14.2. The standard InChI is InChI=1S/C13H10Cl2F2N2/c1-13(18,7-2-3-19-6-12(7)17)8-4-11(16)10(15)5-9(8)14/h2-6H,18H2,1H3. The van der Waals surface area contributed by atoms with Crippen molar-refractivity contribution in [3.63, 3.8) is 0 Å². The van der Waals surface area contributed by atoms with Gasteiger partial charge in [0.1, 0.15) is 11.6 Å². The van der Waals surface area contributed by atoms with Crippen molar-refractivity contribution in [2.45, 2.75) is 12.5 Å². The average molecular weight is 303 g/mol. The van der Waals surface area contributed by atoms with Gasteiger partial charge in [-0.2, -0.15) is 0 Å². The molecule has 0 saturated carbocycles. The predicted molar refractivity (Wildman–Crippen MR) is 71.3 cm³/mol. The highest BCUT2D eigenvalue weighted by molar-refractivity contribution is 6.35. The Morgan fingerprint density at radius 1 is 1.11 bits per heavy atom. The third kappa shape index (κ3) is 2.56. The zero-order valence-electron chi connectivity index (χ0n) is 9.92. The lowest BCUT2D eigenvalue weighted by molar-refractivity contribution is 0.522. The predicted octanol–water partition coefficient (Wildman–Crippen LogP) is 3.89. The Balaban J connectivity index is 2.63. The molecule has 1 atom stereocenters. The summed E-state index contributed by atoms with van der Waals surface area (Å²) in [5.41, 5.74) is 5.25. The number of aromatic nitrogens is 1. The maximum Gasteiger partial charge on any atom is 0.146 e. The number of hydrogen-bond acceptors (Lipinski definition) is 2. The summed E-state index contributed by atoms with van der Waals surface area (Å²) in [6.07, 6.45) is 2.45. The average Bonchev–Trinajstić information content (AvgIpc) is 2.34. The van der Waals surface area contributed by atoms with Crippen molar-refractivity contribution in [2.75, 3.05) is 0 Å². The van der Waals surface area contributed by atoms with Crippen molar-refractivity contribution in [2.24, 2.45) is 5.73 Å². The minimum Gasteiger partial charge on any atom is -0.318 e. The fraction of sp³-hybridized carbons (Fsp3) is 0.154. The molecule has 0 radical (unpaired) electrons. The first-order chi connectivity index (χ1) is 8.84. The molecule has 1 aromatic heterocycles. The van der Waals surface area contributed by atoms with Crippen LogP contribution in [0.4, 0.5) is 8.78 Å². The largest absolute Gasteiger partial charge is 0.318 e. The van der Waals surface area contributed by atoms with Gasteiger partial charge in [0.25, 0.3) is 0 Å². The van der Waals surface area contributed by atoms with Crippen LogP contribution in [0.2, 0.25) is 10.0 Å². The molecule has 0 saturated heterocycles. The van der Waals surface area contributed by atoms with Gasteiger partial charge in [0.05, 0.1) is 16.8 Å². The molecule has 0 aliphatic heterocycles. The van der Waals surface area contributed by atoms with Gasteiger partial charge in [-0.1, -0.05) is 23.2 Å². The molecular formula is C13H10Cl2F2N2. The third-order valence-corrected chi connectivity index (χ3v) is 3.50. The lowest BCUT2D eigenvalue weighted by atomic mass is 9.86. The number of nitrogens with zero attached hydrogens (tertiary/aromatic N) is 1. The molecule has 19 heavy (non-hydrogen) atoms. The van der Waals surface area contributed by atoms with Crippen LogP contribution >= 0.6 is 23.2 Å². The Morgan fingerprint density at radius 3 is 2.42 bits per heavy atom. The third-order valence-electron chi connectivity index (χ3n) is 2.90. The molecule has 2 N–H and O–H groups in total. The molecule has 0 spiro atoms. The van der Waals surface area contributed by atoms with E-state index in [1.165, 1.54) is 18.3 Å². The van der Waals surface area contributed by atoms with Crippen molar-refractivity contribution in [3.05, 3.63) is 63.4 Å². The lowest BCUT2D eigenvalue weighted by Gasteiger charge is -2.27. The highest BCUT2D eigenvalue weighted by Gasteiger charge is 2.30. The summed E-state index contributed by atoms with van der Waals surface area (Å²) in [5, 5.41) is 0.0624. The molecule has 0 bridgehead atoms. The van der Waals surface area contributed by atoms with Crippen LogP contribution in [0.25, 0.3) is 0 Å². The molecule has 1 heterocycles. The van der Waals surface area contributed by atoms with Gasteiger partial charge in [-0.05, 0) is 30.7 Å². The first-order valence-electron chi connectivity index (χ1n) is 5.38. The summed E-state index contributed by atoms with van der Waals surface area (Å²) >= 11 is 11.6. The van der Waals surface area contributed by atoms with Crippen LogP contribution in [-0.2, 0) is 5.54 Å². The van der Waals surface area contributed by atoms with Crippen LogP contribution < -0.4 is 5.73 Å². The summed E-state index contributed by atoms with van der Waals surface area (Å²) in [5.74, 6) is -1.24. The summed E-state index contributed by atoms with van der Waals surface area (Å²) in [6.45, 7) is 1.54. The zero-order valence-corrected chi connectivity index (χ0v) is 11.4. The molecule has 2 nitrogen and oxygen atoms in total. The van der Waals surface area contributed by atoms with E-state index in [9.17, 15) is 8.78 Å². The van der Waals surface area contributed by atoms with Crippen molar-refractivity contribution < 1.29 is 8.78 Å². The van der Waals surface area contributed by atoms with Crippen LogP contribution in [0.3, 0.4) is 0 Å². The minimum absolute atomic E-state index is 0.111. The van der Waals surface area contributed by atoms with Crippen molar-refractivity contribution in [3.8, 4) is 0 Å². The van der Waals surface area contributed by atoms with Gasteiger partial charge in [-0.25, -0.2) is 8.78 Å². The van der Waals surface area contributed by atoms with Crippen LogP contribution in [0, 0.1) is 11.6 Å². The number of pyridine rings is 1. The van der Waals surface area contributed by atoms with E-state index in [-0.39, 0.29) is 21.2 Å². The van der Waals surface area contributed by atoms with E-state index in [1.54, 1.807) is 6.92 Å². The molecular weight excluding hydrogens is 293 g/mol. The topological polar surface area (TPSA) is 38.9 Å². The molecule has 0 amide bonds. The molecule has 1 aromatic carbocycles. The maximum absolute atomic E-state index is 13.8. The molecule has 0 aliphatic carbocycles.